The predicted molar refractivity (Wildman–Crippen MR) is 128 cm³/mol. The van der Waals surface area contributed by atoms with Gasteiger partial charge in [0.2, 0.25) is 0 Å². The first-order valence-electron chi connectivity index (χ1n) is 11.5. The smallest absolute Gasteiger partial charge is 0.295 e. The molecule has 1 N–H and O–H groups in total. The quantitative estimate of drug-likeness (QED) is 0.240. The highest BCUT2D eigenvalue weighted by Crippen LogP contribution is 2.40. The summed E-state index contributed by atoms with van der Waals surface area (Å²) in [5, 5.41) is 11.2. The molecule has 1 aliphatic heterocycles. The predicted octanol–water partition coefficient (Wildman–Crippen LogP) is 4.94. The zero-order valence-electron chi connectivity index (χ0n) is 19.9. The lowest BCUT2D eigenvalue weighted by molar-refractivity contribution is -0.140. The van der Waals surface area contributed by atoms with E-state index in [4.69, 9.17) is 9.47 Å². The van der Waals surface area contributed by atoms with Gasteiger partial charge in [-0.1, -0.05) is 49.6 Å². The van der Waals surface area contributed by atoms with Crippen LogP contribution in [-0.4, -0.2) is 48.6 Å². The number of hydrogen-bond donors (Lipinski definition) is 1. The summed E-state index contributed by atoms with van der Waals surface area (Å²) in [6.45, 7) is 7.11. The van der Waals surface area contributed by atoms with E-state index >= 15 is 0 Å². The Morgan fingerprint density at radius 3 is 2.42 bits per heavy atom. The van der Waals surface area contributed by atoms with Gasteiger partial charge in [-0.15, -0.1) is 0 Å². The lowest BCUT2D eigenvalue weighted by Crippen LogP contribution is -2.32. The zero-order valence-corrected chi connectivity index (χ0v) is 19.9. The van der Waals surface area contributed by atoms with Crippen LogP contribution >= 0.6 is 0 Å². The number of unbranched alkanes of at least 4 members (excludes halogenated alkanes) is 2. The molecule has 0 aliphatic carbocycles. The molecule has 1 atom stereocenters. The third-order valence-corrected chi connectivity index (χ3v) is 5.94. The van der Waals surface area contributed by atoms with Gasteiger partial charge in [-0.3, -0.25) is 9.59 Å². The normalized spacial score (nSPS) is 17.6. The van der Waals surface area contributed by atoms with Crippen LogP contribution in [-0.2, 0) is 14.3 Å². The molecule has 2 aromatic rings. The maximum absolute atomic E-state index is 13.1. The average molecular weight is 452 g/mol. The van der Waals surface area contributed by atoms with E-state index < -0.39 is 17.7 Å². The summed E-state index contributed by atoms with van der Waals surface area (Å²) in [5.74, 6) is -0.740. The molecular weight excluding hydrogens is 418 g/mol. The molecule has 0 bridgehead atoms. The van der Waals surface area contributed by atoms with E-state index in [1.54, 1.807) is 7.11 Å². The lowest BCUT2D eigenvalue weighted by atomic mass is 9.93. The largest absolute Gasteiger partial charge is 0.507 e. The van der Waals surface area contributed by atoms with Gasteiger partial charge in [0.05, 0.1) is 24.8 Å². The van der Waals surface area contributed by atoms with Crippen molar-refractivity contribution in [3.63, 3.8) is 0 Å². The summed E-state index contributed by atoms with van der Waals surface area (Å²) < 4.78 is 11.0. The molecule has 0 radical (unpaired) electrons. The van der Waals surface area contributed by atoms with Crippen LogP contribution in [0.1, 0.15) is 54.5 Å². The van der Waals surface area contributed by atoms with Crippen LogP contribution in [0.2, 0.25) is 0 Å². The Bertz CT molecular complexity index is 1030. The van der Waals surface area contributed by atoms with E-state index in [0.29, 0.717) is 12.2 Å². The van der Waals surface area contributed by atoms with Crippen LogP contribution in [0.15, 0.2) is 48.0 Å². The number of rotatable bonds is 10. The number of methoxy groups -OCH3 is 1. The summed E-state index contributed by atoms with van der Waals surface area (Å²) >= 11 is 0. The van der Waals surface area contributed by atoms with Crippen molar-refractivity contribution in [2.75, 3.05) is 26.9 Å². The maximum Gasteiger partial charge on any atom is 0.295 e. The Morgan fingerprint density at radius 1 is 1.03 bits per heavy atom. The van der Waals surface area contributed by atoms with Crippen molar-refractivity contribution in [3.8, 4) is 5.75 Å². The van der Waals surface area contributed by atoms with E-state index in [-0.39, 0.29) is 24.5 Å². The fourth-order valence-corrected chi connectivity index (χ4v) is 4.07. The molecule has 0 saturated carbocycles. The summed E-state index contributed by atoms with van der Waals surface area (Å²) in [6, 6.07) is 12.4. The number of aliphatic hydroxyl groups is 1. The Kier molecular flexibility index (Phi) is 8.28. The Hall–Kier alpha value is -3.12. The molecule has 33 heavy (non-hydrogen) atoms. The first-order chi connectivity index (χ1) is 15.9. The fourth-order valence-electron chi connectivity index (χ4n) is 4.07. The molecule has 176 valence electrons. The number of Topliss-reactive ketones (excluding diaryl/α,β-unsaturated/α-hetero) is 1. The van der Waals surface area contributed by atoms with Crippen LogP contribution in [0.4, 0.5) is 0 Å². The molecule has 1 unspecified atom stereocenters. The minimum atomic E-state index is -0.700. The van der Waals surface area contributed by atoms with Gasteiger partial charge < -0.3 is 19.5 Å². The van der Waals surface area contributed by atoms with Crippen LogP contribution < -0.4 is 4.74 Å². The number of aryl methyl sites for hydroxylation is 2. The Morgan fingerprint density at radius 2 is 1.76 bits per heavy atom. The summed E-state index contributed by atoms with van der Waals surface area (Å²) in [7, 11) is 1.55. The molecule has 6 heteroatoms. The van der Waals surface area contributed by atoms with Gasteiger partial charge in [0.15, 0.2) is 0 Å². The lowest BCUT2D eigenvalue weighted by Gasteiger charge is -2.25. The highest BCUT2D eigenvalue weighted by atomic mass is 16.5. The summed E-state index contributed by atoms with van der Waals surface area (Å²) in [4.78, 5) is 27.5. The Labute approximate surface area is 195 Å². The fraction of sp³-hybridized carbons (Fsp3) is 0.407. The minimum absolute atomic E-state index is 0.0985. The number of ketones is 1. The second-order valence-corrected chi connectivity index (χ2v) is 8.43. The first kappa shape index (κ1) is 24.5. The standard InChI is InChI=1S/C27H33NO5/c1-5-6-7-15-33-21-12-10-20(11-13-21)24-23(26(30)27(31)28(24)14-16-32-4)25(29)22-17-18(2)8-9-19(22)3/h8-13,17,24,29H,5-7,14-16H2,1-4H3/b25-23+. The average Bonchev–Trinajstić information content (AvgIpc) is 3.06. The number of benzene rings is 2. The second-order valence-electron chi connectivity index (χ2n) is 8.43. The van der Waals surface area contributed by atoms with Crippen molar-refractivity contribution in [2.45, 2.75) is 46.1 Å². The van der Waals surface area contributed by atoms with E-state index in [1.165, 1.54) is 4.90 Å². The van der Waals surface area contributed by atoms with Crippen molar-refractivity contribution in [1.29, 1.82) is 0 Å². The summed E-state index contributed by atoms with van der Waals surface area (Å²) in [5.41, 5.74) is 3.17. The van der Waals surface area contributed by atoms with Crippen molar-refractivity contribution >= 4 is 17.4 Å². The maximum atomic E-state index is 13.1. The van der Waals surface area contributed by atoms with Gasteiger partial charge >= 0.3 is 0 Å². The monoisotopic (exact) mass is 451 g/mol. The van der Waals surface area contributed by atoms with Crippen LogP contribution in [0.25, 0.3) is 5.76 Å². The zero-order chi connectivity index (χ0) is 24.0. The second kappa shape index (κ2) is 11.1. The van der Waals surface area contributed by atoms with Gasteiger partial charge in [0, 0.05) is 19.2 Å². The number of nitrogens with zero attached hydrogens (tertiary/aromatic N) is 1. The minimum Gasteiger partial charge on any atom is -0.507 e. The van der Waals surface area contributed by atoms with Crippen LogP contribution in [0.5, 0.6) is 5.75 Å². The van der Waals surface area contributed by atoms with Gasteiger partial charge in [0.25, 0.3) is 11.7 Å². The SMILES string of the molecule is CCCCCOc1ccc(C2/C(=C(\O)c3cc(C)ccc3C)C(=O)C(=O)N2CCOC)cc1. The molecule has 0 aromatic heterocycles. The molecule has 1 heterocycles. The molecule has 1 aliphatic rings. The summed E-state index contributed by atoms with van der Waals surface area (Å²) in [6.07, 6.45) is 3.23. The molecule has 1 amide bonds. The highest BCUT2D eigenvalue weighted by molar-refractivity contribution is 6.46. The van der Waals surface area contributed by atoms with Gasteiger partial charge in [-0.2, -0.15) is 0 Å². The van der Waals surface area contributed by atoms with Crippen LogP contribution in [0.3, 0.4) is 0 Å². The van der Waals surface area contributed by atoms with E-state index in [1.807, 2.05) is 56.3 Å². The number of carbonyl (C=O) groups excluding carboxylic acids is 2. The Balaban J connectivity index is 2.02. The molecule has 2 aromatic carbocycles. The first-order valence-corrected chi connectivity index (χ1v) is 11.5. The molecule has 1 fully saturated rings. The van der Waals surface area contributed by atoms with Crippen molar-refractivity contribution < 1.29 is 24.2 Å². The van der Waals surface area contributed by atoms with Gasteiger partial charge in [0.1, 0.15) is 11.5 Å². The van der Waals surface area contributed by atoms with Crippen molar-refractivity contribution in [3.05, 3.63) is 70.3 Å². The molecule has 0 spiro atoms. The van der Waals surface area contributed by atoms with E-state index in [9.17, 15) is 14.7 Å². The molecule has 6 nitrogen and oxygen atoms in total. The molecule has 1 saturated heterocycles. The number of amides is 1. The number of ether oxygens (including phenoxy) is 2. The van der Waals surface area contributed by atoms with Gasteiger partial charge in [-0.05, 0) is 49.6 Å². The molecule has 3 rings (SSSR count). The van der Waals surface area contributed by atoms with Gasteiger partial charge in [-0.25, -0.2) is 0 Å². The third-order valence-electron chi connectivity index (χ3n) is 5.94. The van der Waals surface area contributed by atoms with E-state index in [0.717, 1.165) is 41.7 Å². The van der Waals surface area contributed by atoms with Crippen molar-refractivity contribution in [1.82, 2.24) is 4.90 Å². The topological polar surface area (TPSA) is 76.1 Å². The molecular formula is C27H33NO5. The number of carbonyl (C=O) groups is 2. The highest BCUT2D eigenvalue weighted by Gasteiger charge is 2.46. The number of hydrogen-bond acceptors (Lipinski definition) is 5. The number of likely N-dealkylation sites (tertiary alicyclic amines) is 1. The van der Waals surface area contributed by atoms with E-state index in [2.05, 4.69) is 6.92 Å². The third kappa shape index (κ3) is 5.45. The van der Waals surface area contributed by atoms with Crippen molar-refractivity contribution in [2.24, 2.45) is 0 Å². The van der Waals surface area contributed by atoms with Crippen LogP contribution in [0, 0.1) is 13.8 Å². The number of aliphatic hydroxyl groups excluding tert-OH is 1.